The van der Waals surface area contributed by atoms with Gasteiger partial charge in [0, 0.05) is 17.7 Å². The molecule has 0 aromatic rings. The van der Waals surface area contributed by atoms with Gasteiger partial charge in [-0.1, -0.05) is 0 Å². The maximum Gasteiger partial charge on any atom is 0.372 e. The fraction of sp³-hybridized carbons (Fsp3) is 0.333. The van der Waals surface area contributed by atoms with Gasteiger partial charge in [-0.25, -0.2) is 14.4 Å². The Morgan fingerprint density at radius 1 is 1.05 bits per heavy atom. The van der Waals surface area contributed by atoms with E-state index in [9.17, 15) is 19.2 Å². The summed E-state index contributed by atoms with van der Waals surface area (Å²) in [5, 5.41) is 19.5. The van der Waals surface area contributed by atoms with Gasteiger partial charge in [0.1, 0.15) is 0 Å². The van der Waals surface area contributed by atoms with Crippen molar-refractivity contribution in [2.75, 3.05) is 0 Å². The smallest absolute Gasteiger partial charge is 0.372 e. The normalized spacial score (nSPS) is 12.1. The quantitative estimate of drug-likeness (QED) is 0.369. The van der Waals surface area contributed by atoms with Crippen molar-refractivity contribution in [3.63, 3.8) is 0 Å². The van der Waals surface area contributed by atoms with Gasteiger partial charge in [0.2, 0.25) is 11.7 Å². The Morgan fingerprint density at radius 2 is 1.60 bits per heavy atom. The average molecular weight is 285 g/mol. The molecule has 1 amide bonds. The zero-order valence-electron chi connectivity index (χ0n) is 11.2. The first-order valence-electron chi connectivity index (χ1n) is 5.41. The molecule has 0 aliphatic carbocycles. The molecule has 0 atom stereocenters. The van der Waals surface area contributed by atoms with Gasteiger partial charge in [-0.05, 0) is 20.8 Å². The predicted octanol–water partition coefficient (Wildman–Crippen LogP) is 0.0536. The average Bonchev–Trinajstić information content (AvgIpc) is 2.22. The van der Waals surface area contributed by atoms with E-state index in [1.165, 1.54) is 0 Å². The third-order valence-corrected chi connectivity index (χ3v) is 1.54. The maximum absolute atomic E-state index is 11.3. The summed E-state index contributed by atoms with van der Waals surface area (Å²) < 4.78 is 4.28. The molecule has 0 bridgehead atoms. The van der Waals surface area contributed by atoms with Gasteiger partial charge in [0.05, 0.1) is 6.08 Å². The van der Waals surface area contributed by atoms with Crippen LogP contribution in [0.5, 0.6) is 0 Å². The lowest BCUT2D eigenvalue weighted by atomic mass is 10.1. The van der Waals surface area contributed by atoms with Crippen molar-refractivity contribution in [3.8, 4) is 0 Å². The van der Waals surface area contributed by atoms with Crippen molar-refractivity contribution in [1.29, 1.82) is 0 Å². The van der Waals surface area contributed by atoms with Gasteiger partial charge in [0.25, 0.3) is 0 Å². The van der Waals surface area contributed by atoms with Crippen LogP contribution in [0.1, 0.15) is 20.8 Å². The lowest BCUT2D eigenvalue weighted by Gasteiger charge is -2.18. The molecule has 0 aromatic carbocycles. The third kappa shape index (κ3) is 8.45. The molecule has 0 heterocycles. The Labute approximate surface area is 114 Å². The molecule has 3 N–H and O–H groups in total. The zero-order chi connectivity index (χ0) is 15.9. The molecule has 0 spiro atoms. The van der Waals surface area contributed by atoms with Crippen LogP contribution < -0.4 is 5.32 Å². The molecule has 8 heteroatoms. The molecule has 8 nitrogen and oxygen atoms in total. The number of hydrogen-bond donors (Lipinski definition) is 3. The van der Waals surface area contributed by atoms with Gasteiger partial charge in [-0.15, -0.1) is 0 Å². The summed E-state index contributed by atoms with van der Waals surface area (Å²) in [5.74, 6) is -6.10. The van der Waals surface area contributed by atoms with E-state index in [1.807, 2.05) is 0 Å². The van der Waals surface area contributed by atoms with Crippen LogP contribution in [0.4, 0.5) is 0 Å². The van der Waals surface area contributed by atoms with Crippen LogP contribution in [0.25, 0.3) is 0 Å². The minimum absolute atomic E-state index is 0.225. The summed E-state index contributed by atoms with van der Waals surface area (Å²) in [6, 6.07) is 0. The molecular formula is C12H15NO7. The molecule has 20 heavy (non-hydrogen) atoms. The van der Waals surface area contributed by atoms with Crippen LogP contribution >= 0.6 is 0 Å². The first-order chi connectivity index (χ1) is 9.01. The molecular weight excluding hydrogens is 270 g/mol. The Hall–Kier alpha value is -2.64. The van der Waals surface area contributed by atoms with Crippen molar-refractivity contribution < 1.29 is 34.1 Å². The summed E-state index contributed by atoms with van der Waals surface area (Å²) in [4.78, 5) is 43.4. The van der Waals surface area contributed by atoms with E-state index < -0.39 is 35.1 Å². The largest absolute Gasteiger partial charge is 0.478 e. The Bertz CT molecular complexity index is 483. The fourth-order valence-corrected chi connectivity index (χ4v) is 0.944. The van der Waals surface area contributed by atoms with Crippen molar-refractivity contribution in [2.24, 2.45) is 0 Å². The van der Waals surface area contributed by atoms with Crippen LogP contribution in [0.15, 0.2) is 24.0 Å². The summed E-state index contributed by atoms with van der Waals surface area (Å²) in [5.41, 5.74) is -0.499. The topological polar surface area (TPSA) is 130 Å². The van der Waals surface area contributed by atoms with Gasteiger partial charge in [-0.2, -0.15) is 0 Å². The summed E-state index contributed by atoms with van der Waals surface area (Å²) in [6.45, 7) is 5.19. The minimum Gasteiger partial charge on any atom is -0.478 e. The highest BCUT2D eigenvalue weighted by molar-refractivity contribution is 5.98. The number of hydrogen-bond acceptors (Lipinski definition) is 5. The van der Waals surface area contributed by atoms with E-state index in [1.54, 1.807) is 20.8 Å². The summed E-state index contributed by atoms with van der Waals surface area (Å²) in [7, 11) is 0. The fourth-order valence-electron chi connectivity index (χ4n) is 0.944. The number of ether oxygens (including phenoxy) is 1. The Kier molecular flexibility index (Phi) is 6.14. The molecule has 0 rings (SSSR count). The van der Waals surface area contributed by atoms with Crippen LogP contribution in [-0.2, 0) is 23.9 Å². The summed E-state index contributed by atoms with van der Waals surface area (Å²) in [6.07, 6.45) is 1.77. The van der Waals surface area contributed by atoms with Crippen LogP contribution in [0, 0.1) is 0 Å². The molecule has 0 fully saturated rings. The van der Waals surface area contributed by atoms with Crippen LogP contribution in [0.2, 0.25) is 0 Å². The number of aliphatic carboxylic acids is 2. The number of carboxylic acid groups (broad SMARTS) is 2. The van der Waals surface area contributed by atoms with E-state index in [0.29, 0.717) is 6.08 Å². The number of amides is 1. The number of carboxylic acids is 2. The standard InChI is InChI=1S/C12H15NO7/c1-12(2,3)13-8(14)4-5-10(17)20-7(11(18)19)6-9(15)16/h4-6H,1-3H3,(H,13,14)(H,15,16)(H,18,19)/b5-4-,7-6+. The highest BCUT2D eigenvalue weighted by Crippen LogP contribution is 2.01. The van der Waals surface area contributed by atoms with Crippen molar-refractivity contribution in [3.05, 3.63) is 24.0 Å². The molecule has 0 aliphatic heterocycles. The zero-order valence-corrected chi connectivity index (χ0v) is 11.2. The van der Waals surface area contributed by atoms with E-state index in [-0.39, 0.29) is 6.08 Å². The lowest BCUT2D eigenvalue weighted by Crippen LogP contribution is -2.39. The SMILES string of the molecule is CC(C)(C)NC(=O)/C=C\C(=O)O/C(=C/C(=O)O)C(=O)O. The molecule has 0 unspecified atom stereocenters. The highest BCUT2D eigenvalue weighted by Gasteiger charge is 2.15. The van der Waals surface area contributed by atoms with Crippen molar-refractivity contribution >= 4 is 23.8 Å². The minimum atomic E-state index is -1.71. The van der Waals surface area contributed by atoms with Crippen LogP contribution in [0.3, 0.4) is 0 Å². The molecule has 110 valence electrons. The number of rotatable bonds is 5. The van der Waals surface area contributed by atoms with E-state index in [0.717, 1.165) is 6.08 Å². The van der Waals surface area contributed by atoms with Gasteiger partial charge in [0.15, 0.2) is 0 Å². The lowest BCUT2D eigenvalue weighted by molar-refractivity contribution is -0.145. The second-order valence-electron chi connectivity index (χ2n) is 4.65. The Balaban J connectivity index is 4.66. The maximum atomic E-state index is 11.3. The Morgan fingerprint density at radius 3 is 2.00 bits per heavy atom. The number of nitrogens with one attached hydrogen (secondary N) is 1. The van der Waals surface area contributed by atoms with Crippen molar-refractivity contribution in [2.45, 2.75) is 26.3 Å². The molecule has 0 aromatic heterocycles. The first kappa shape index (κ1) is 17.4. The van der Waals surface area contributed by atoms with Gasteiger partial charge < -0.3 is 20.3 Å². The molecule has 0 aliphatic rings. The predicted molar refractivity (Wildman–Crippen MR) is 66.5 cm³/mol. The number of carbonyl (C=O) groups is 4. The molecule has 0 radical (unpaired) electrons. The molecule has 0 saturated heterocycles. The summed E-state index contributed by atoms with van der Waals surface area (Å²) >= 11 is 0. The van der Waals surface area contributed by atoms with Crippen molar-refractivity contribution in [1.82, 2.24) is 5.32 Å². The van der Waals surface area contributed by atoms with E-state index >= 15 is 0 Å². The highest BCUT2D eigenvalue weighted by atomic mass is 16.6. The van der Waals surface area contributed by atoms with E-state index in [4.69, 9.17) is 10.2 Å². The number of esters is 1. The van der Waals surface area contributed by atoms with Gasteiger partial charge >= 0.3 is 17.9 Å². The second kappa shape index (κ2) is 7.07. The monoisotopic (exact) mass is 285 g/mol. The molecule has 0 saturated carbocycles. The second-order valence-corrected chi connectivity index (χ2v) is 4.65. The third-order valence-electron chi connectivity index (χ3n) is 1.54. The van der Waals surface area contributed by atoms with E-state index in [2.05, 4.69) is 10.1 Å². The van der Waals surface area contributed by atoms with Crippen LogP contribution in [-0.4, -0.2) is 39.6 Å². The number of carbonyl (C=O) groups excluding carboxylic acids is 2. The van der Waals surface area contributed by atoms with Gasteiger partial charge in [-0.3, -0.25) is 4.79 Å². The first-order valence-corrected chi connectivity index (χ1v) is 5.41.